The first-order valence-corrected chi connectivity index (χ1v) is 3.99. The molecule has 0 aliphatic heterocycles. The van der Waals surface area contributed by atoms with Gasteiger partial charge in [-0.15, -0.1) is 6.58 Å². The maximum absolute atomic E-state index is 8.62. The Labute approximate surface area is 77.5 Å². The van der Waals surface area contributed by atoms with Gasteiger partial charge in [-0.1, -0.05) is 6.08 Å². The van der Waals surface area contributed by atoms with Crippen molar-refractivity contribution in [3.8, 4) is 6.07 Å². The van der Waals surface area contributed by atoms with Gasteiger partial charge in [0.25, 0.3) is 0 Å². The van der Waals surface area contributed by atoms with E-state index >= 15 is 0 Å². The molecule has 0 saturated carbocycles. The Hall–Kier alpha value is -1.66. The van der Waals surface area contributed by atoms with E-state index in [1.54, 1.807) is 18.3 Å². The number of aromatic nitrogens is 1. The zero-order valence-corrected chi connectivity index (χ0v) is 7.27. The molecule has 0 radical (unpaired) electrons. The molecule has 2 N–H and O–H groups in total. The number of rotatable bonds is 3. The maximum Gasteiger partial charge on any atom is 0.101 e. The van der Waals surface area contributed by atoms with E-state index in [0.717, 1.165) is 5.56 Å². The van der Waals surface area contributed by atoms with Crippen molar-refractivity contribution in [1.82, 2.24) is 4.98 Å². The maximum atomic E-state index is 8.62. The highest BCUT2D eigenvalue weighted by Crippen LogP contribution is 2.13. The molecule has 1 atom stereocenters. The third kappa shape index (κ3) is 2.39. The smallest absolute Gasteiger partial charge is 0.101 e. The SMILES string of the molecule is C=CC[C@@H](N)c1cncc(C#N)c1. The highest BCUT2D eigenvalue weighted by molar-refractivity contribution is 5.30. The highest BCUT2D eigenvalue weighted by Gasteiger charge is 2.04. The predicted octanol–water partition coefficient (Wildman–Crippen LogP) is 1.53. The first-order valence-electron chi connectivity index (χ1n) is 3.99. The molecule has 13 heavy (non-hydrogen) atoms. The Balaban J connectivity index is 2.89. The average Bonchev–Trinajstić information content (AvgIpc) is 2.18. The van der Waals surface area contributed by atoms with Gasteiger partial charge in [0.05, 0.1) is 5.56 Å². The van der Waals surface area contributed by atoms with Gasteiger partial charge in [-0.3, -0.25) is 4.98 Å². The fourth-order valence-corrected chi connectivity index (χ4v) is 1.04. The summed E-state index contributed by atoms with van der Waals surface area (Å²) in [4.78, 5) is 3.92. The molecule has 0 unspecified atom stereocenters. The van der Waals surface area contributed by atoms with E-state index in [-0.39, 0.29) is 6.04 Å². The third-order valence-electron chi connectivity index (χ3n) is 1.74. The van der Waals surface area contributed by atoms with Crippen LogP contribution in [0.25, 0.3) is 0 Å². The van der Waals surface area contributed by atoms with Crippen LogP contribution in [0, 0.1) is 11.3 Å². The summed E-state index contributed by atoms with van der Waals surface area (Å²) in [7, 11) is 0. The van der Waals surface area contributed by atoms with Gasteiger partial charge in [-0.05, 0) is 18.1 Å². The minimum absolute atomic E-state index is 0.113. The normalized spacial score (nSPS) is 11.7. The van der Waals surface area contributed by atoms with Crippen LogP contribution in [-0.4, -0.2) is 4.98 Å². The van der Waals surface area contributed by atoms with Crippen molar-refractivity contribution in [2.75, 3.05) is 0 Å². The molecular weight excluding hydrogens is 162 g/mol. The molecule has 0 bridgehead atoms. The molecule has 0 spiro atoms. The Bertz CT molecular complexity index is 338. The second-order valence-electron chi connectivity index (χ2n) is 2.75. The first kappa shape index (κ1) is 9.43. The molecule has 0 aliphatic rings. The van der Waals surface area contributed by atoms with E-state index in [4.69, 9.17) is 11.0 Å². The second-order valence-corrected chi connectivity index (χ2v) is 2.75. The van der Waals surface area contributed by atoms with Gasteiger partial charge in [0.1, 0.15) is 6.07 Å². The van der Waals surface area contributed by atoms with Crippen molar-refractivity contribution in [1.29, 1.82) is 5.26 Å². The summed E-state index contributed by atoms with van der Waals surface area (Å²) in [6.07, 6.45) is 5.64. The number of pyridine rings is 1. The molecule has 0 fully saturated rings. The van der Waals surface area contributed by atoms with E-state index < -0.39 is 0 Å². The van der Waals surface area contributed by atoms with Crippen LogP contribution < -0.4 is 5.73 Å². The van der Waals surface area contributed by atoms with Gasteiger partial charge in [0.15, 0.2) is 0 Å². The molecular formula is C10H11N3. The van der Waals surface area contributed by atoms with Gasteiger partial charge in [-0.2, -0.15) is 5.26 Å². The van der Waals surface area contributed by atoms with E-state index in [0.29, 0.717) is 12.0 Å². The van der Waals surface area contributed by atoms with Crippen LogP contribution in [0.15, 0.2) is 31.1 Å². The number of hydrogen-bond acceptors (Lipinski definition) is 3. The molecule has 3 nitrogen and oxygen atoms in total. The zero-order chi connectivity index (χ0) is 9.68. The summed E-state index contributed by atoms with van der Waals surface area (Å²) in [5.74, 6) is 0. The molecule has 0 aliphatic carbocycles. The number of nitriles is 1. The average molecular weight is 173 g/mol. The number of nitrogens with two attached hydrogens (primary N) is 1. The largest absolute Gasteiger partial charge is 0.324 e. The summed E-state index contributed by atoms with van der Waals surface area (Å²) >= 11 is 0. The minimum Gasteiger partial charge on any atom is -0.324 e. The Kier molecular flexibility index (Phi) is 3.18. The van der Waals surface area contributed by atoms with Crippen molar-refractivity contribution in [2.24, 2.45) is 5.73 Å². The van der Waals surface area contributed by atoms with Crippen LogP contribution >= 0.6 is 0 Å². The summed E-state index contributed by atoms with van der Waals surface area (Å²) in [6.45, 7) is 3.60. The van der Waals surface area contributed by atoms with Crippen molar-refractivity contribution < 1.29 is 0 Å². The standard InChI is InChI=1S/C10H11N3/c1-2-3-10(12)9-4-8(5-11)6-13-7-9/h2,4,6-7,10H,1,3,12H2/t10-/m1/s1. The van der Waals surface area contributed by atoms with Gasteiger partial charge in [-0.25, -0.2) is 0 Å². The molecule has 1 aromatic heterocycles. The monoisotopic (exact) mass is 173 g/mol. The Morgan fingerprint density at radius 3 is 3.08 bits per heavy atom. The van der Waals surface area contributed by atoms with Crippen LogP contribution in [0.4, 0.5) is 0 Å². The molecule has 0 amide bonds. The lowest BCUT2D eigenvalue weighted by Gasteiger charge is -2.08. The molecule has 3 heteroatoms. The second kappa shape index (κ2) is 4.39. The Morgan fingerprint density at radius 2 is 2.46 bits per heavy atom. The molecule has 66 valence electrons. The van der Waals surface area contributed by atoms with Crippen molar-refractivity contribution in [3.63, 3.8) is 0 Å². The van der Waals surface area contributed by atoms with Crippen molar-refractivity contribution >= 4 is 0 Å². The summed E-state index contributed by atoms with van der Waals surface area (Å²) in [5, 5.41) is 8.62. The lowest BCUT2D eigenvalue weighted by molar-refractivity contribution is 0.737. The summed E-state index contributed by atoms with van der Waals surface area (Å²) in [6, 6.07) is 3.66. The molecule has 0 aromatic carbocycles. The number of nitrogens with zero attached hydrogens (tertiary/aromatic N) is 2. The summed E-state index contributed by atoms with van der Waals surface area (Å²) < 4.78 is 0. The van der Waals surface area contributed by atoms with E-state index in [9.17, 15) is 0 Å². The van der Waals surface area contributed by atoms with Crippen molar-refractivity contribution in [2.45, 2.75) is 12.5 Å². The van der Waals surface area contributed by atoms with Crippen LogP contribution in [0.2, 0.25) is 0 Å². The van der Waals surface area contributed by atoms with Crippen LogP contribution in [0.1, 0.15) is 23.6 Å². The lowest BCUT2D eigenvalue weighted by atomic mass is 10.1. The van der Waals surface area contributed by atoms with Crippen LogP contribution in [0.3, 0.4) is 0 Å². The molecule has 0 saturated heterocycles. The lowest BCUT2D eigenvalue weighted by Crippen LogP contribution is -2.09. The van der Waals surface area contributed by atoms with Crippen molar-refractivity contribution in [3.05, 3.63) is 42.2 Å². The number of hydrogen-bond donors (Lipinski definition) is 1. The fraction of sp³-hybridized carbons (Fsp3) is 0.200. The minimum atomic E-state index is -0.113. The van der Waals surface area contributed by atoms with E-state index in [1.807, 2.05) is 6.07 Å². The summed E-state index contributed by atoms with van der Waals surface area (Å²) in [5.41, 5.74) is 7.22. The first-order chi connectivity index (χ1) is 6.27. The van der Waals surface area contributed by atoms with Crippen LogP contribution in [0.5, 0.6) is 0 Å². The van der Waals surface area contributed by atoms with E-state index in [2.05, 4.69) is 11.6 Å². The van der Waals surface area contributed by atoms with Gasteiger partial charge in [0.2, 0.25) is 0 Å². The third-order valence-corrected chi connectivity index (χ3v) is 1.74. The molecule has 1 heterocycles. The predicted molar refractivity (Wildman–Crippen MR) is 50.7 cm³/mol. The Morgan fingerprint density at radius 1 is 1.69 bits per heavy atom. The highest BCUT2D eigenvalue weighted by atomic mass is 14.7. The van der Waals surface area contributed by atoms with Gasteiger partial charge < -0.3 is 5.73 Å². The zero-order valence-electron chi connectivity index (χ0n) is 7.27. The van der Waals surface area contributed by atoms with Gasteiger partial charge >= 0.3 is 0 Å². The van der Waals surface area contributed by atoms with E-state index in [1.165, 1.54) is 6.20 Å². The van der Waals surface area contributed by atoms with Gasteiger partial charge in [0, 0.05) is 18.4 Å². The molecule has 1 rings (SSSR count). The quantitative estimate of drug-likeness (QED) is 0.705. The fourth-order valence-electron chi connectivity index (χ4n) is 1.04. The van der Waals surface area contributed by atoms with Crippen LogP contribution in [-0.2, 0) is 0 Å². The molecule has 1 aromatic rings. The topological polar surface area (TPSA) is 62.7 Å².